The van der Waals surface area contributed by atoms with Gasteiger partial charge in [0, 0.05) is 12.8 Å². The van der Waals surface area contributed by atoms with Crippen molar-refractivity contribution in [3.63, 3.8) is 0 Å². The predicted molar refractivity (Wildman–Crippen MR) is 344 cm³/mol. The van der Waals surface area contributed by atoms with E-state index in [2.05, 4.69) is 74.7 Å². The summed E-state index contributed by atoms with van der Waals surface area (Å²) < 4.78 is 30.4. The maximum atomic E-state index is 13.6. The van der Waals surface area contributed by atoms with Gasteiger partial charge in [-0.2, -0.15) is 0 Å². The second-order valence-electron chi connectivity index (χ2n) is 24.3. The number of nitrogens with one attached hydrogen (secondary N) is 1. The lowest BCUT2D eigenvalue weighted by molar-refractivity contribution is -0.870. The molecule has 9 nitrogen and oxygen atoms in total. The Morgan fingerprint density at radius 1 is 0.438 bits per heavy atom. The van der Waals surface area contributed by atoms with Gasteiger partial charge in [-0.1, -0.05) is 294 Å². The third-order valence-corrected chi connectivity index (χ3v) is 16.2. The number of likely N-dealkylation sites (N-methyl/N-ethyl adjacent to an activating group) is 1. The summed E-state index contributed by atoms with van der Waals surface area (Å²) in [4.78, 5) is 40.1. The molecule has 1 amide bonds. The van der Waals surface area contributed by atoms with E-state index in [-0.39, 0.29) is 24.9 Å². The lowest BCUT2D eigenvalue weighted by Gasteiger charge is -2.30. The van der Waals surface area contributed by atoms with Gasteiger partial charge in [-0.3, -0.25) is 14.2 Å². The van der Waals surface area contributed by atoms with Gasteiger partial charge in [-0.25, -0.2) is 0 Å². The van der Waals surface area contributed by atoms with Crippen LogP contribution in [0.25, 0.3) is 0 Å². The number of ether oxygens (including phenoxy) is 1. The normalized spacial score (nSPS) is 13.9. The van der Waals surface area contributed by atoms with Crippen LogP contribution >= 0.6 is 7.82 Å². The Morgan fingerprint density at radius 2 is 0.762 bits per heavy atom. The zero-order valence-corrected chi connectivity index (χ0v) is 54.4. The molecule has 0 aromatic rings. The van der Waals surface area contributed by atoms with E-state index in [0.29, 0.717) is 17.4 Å². The van der Waals surface area contributed by atoms with Gasteiger partial charge >= 0.3 is 5.97 Å². The Labute approximate surface area is 496 Å². The molecule has 80 heavy (non-hydrogen) atoms. The van der Waals surface area contributed by atoms with Gasteiger partial charge in [0.15, 0.2) is 0 Å². The van der Waals surface area contributed by atoms with Crippen LogP contribution in [0.15, 0.2) is 60.8 Å². The van der Waals surface area contributed by atoms with E-state index in [9.17, 15) is 19.0 Å². The molecule has 468 valence electrons. The van der Waals surface area contributed by atoms with E-state index in [1.165, 1.54) is 193 Å². The zero-order chi connectivity index (χ0) is 58.6. The first-order valence-electron chi connectivity index (χ1n) is 34.1. The smallest absolute Gasteiger partial charge is 0.306 e. The first-order chi connectivity index (χ1) is 38.9. The van der Waals surface area contributed by atoms with Crippen molar-refractivity contribution in [2.45, 2.75) is 335 Å². The van der Waals surface area contributed by atoms with E-state index in [0.717, 1.165) is 96.3 Å². The molecule has 0 spiro atoms. The maximum absolute atomic E-state index is 13.6. The van der Waals surface area contributed by atoms with Crippen molar-refractivity contribution in [1.82, 2.24) is 5.32 Å². The third-order valence-electron chi connectivity index (χ3n) is 15.2. The van der Waals surface area contributed by atoms with Gasteiger partial charge in [0.2, 0.25) is 5.91 Å². The predicted octanol–water partition coefficient (Wildman–Crippen LogP) is 20.8. The van der Waals surface area contributed by atoms with Gasteiger partial charge in [-0.05, 0) is 76.7 Å². The van der Waals surface area contributed by atoms with Crippen molar-refractivity contribution in [2.24, 2.45) is 0 Å². The molecule has 0 bridgehead atoms. The highest BCUT2D eigenvalue weighted by Crippen LogP contribution is 2.38. The number of hydrogen-bond donors (Lipinski definition) is 1. The fourth-order valence-electron chi connectivity index (χ4n) is 9.92. The number of allylic oxidation sites excluding steroid dienone is 9. The molecular formula is C70H131N2O7P. The molecule has 0 saturated carbocycles. The first kappa shape index (κ1) is 77.7. The van der Waals surface area contributed by atoms with Crippen molar-refractivity contribution in [2.75, 3.05) is 40.9 Å². The molecule has 1 N–H and O–H groups in total. The second kappa shape index (κ2) is 59.9. The number of esters is 1. The van der Waals surface area contributed by atoms with Crippen LogP contribution in [0.3, 0.4) is 0 Å². The molecule has 0 aromatic heterocycles. The number of carbonyl (C=O) groups excluding carboxylic acids is 2. The molecule has 0 rings (SSSR count). The van der Waals surface area contributed by atoms with Crippen LogP contribution < -0.4 is 10.2 Å². The Hall–Kier alpha value is -2.29. The van der Waals surface area contributed by atoms with Crippen molar-refractivity contribution < 1.29 is 37.3 Å². The summed E-state index contributed by atoms with van der Waals surface area (Å²) in [5, 5.41) is 3.03. The van der Waals surface area contributed by atoms with Crippen LogP contribution in [0.4, 0.5) is 0 Å². The number of phosphoric acid groups is 1. The monoisotopic (exact) mass is 1140 g/mol. The molecule has 0 saturated heterocycles. The molecule has 3 unspecified atom stereocenters. The minimum atomic E-state index is -4.71. The van der Waals surface area contributed by atoms with Crippen molar-refractivity contribution in [3.8, 4) is 0 Å². The minimum Gasteiger partial charge on any atom is -0.756 e. The standard InChI is InChI=1S/C70H131N2O7P/c1-7-10-13-16-19-22-25-28-30-32-34-36-38-40-42-44-47-50-53-56-59-62-69(73)71-67(66-78-80(75,76)77-65-64-72(4,5)6)68(61-58-55-52-49-46-27-24-21-18-15-12-9-3)79-70(74)63-60-57-54-51-48-45-43-41-39-37-35-33-31-29-26-23-20-17-14-11-8-2/h19,22,28,30,34,36,40,42,58,61,67-68H,7-18,20-21,23-27,29,31-33,35,37-39,41,43-57,59-60,62-66H2,1-6H3,(H-,71,73,75,76)/b22-19-,30-28-,36-34-,42-40-,61-58+. The number of rotatable bonds is 62. The quantitative estimate of drug-likeness (QED) is 0.0212. The summed E-state index contributed by atoms with van der Waals surface area (Å²) >= 11 is 0. The summed E-state index contributed by atoms with van der Waals surface area (Å²) in [5.74, 6) is -0.550. The lowest BCUT2D eigenvalue weighted by atomic mass is 10.0. The SMILES string of the molecule is CCCCC/C=C\C/C=C\C/C=C\C/C=C\CCCCCCCC(=O)NC(COP(=O)([O-])OCC[N+](C)(C)C)C(/C=C/CCCCCCCCCCCC)OC(=O)CCCCCCCCCCCCCCCCCCCCCCC. The summed E-state index contributed by atoms with van der Waals surface area (Å²) in [6.45, 7) is 6.84. The lowest BCUT2D eigenvalue weighted by Crippen LogP contribution is -2.47. The van der Waals surface area contributed by atoms with Crippen LogP contribution in [0, 0.1) is 0 Å². The molecule has 0 radical (unpaired) electrons. The second-order valence-corrected chi connectivity index (χ2v) is 25.7. The average Bonchev–Trinajstić information content (AvgIpc) is 3.42. The molecule has 3 atom stereocenters. The molecular weight excluding hydrogens is 1010 g/mol. The highest BCUT2D eigenvalue weighted by atomic mass is 31.2. The number of unbranched alkanes of at least 4 members (excludes halogenated alkanes) is 38. The van der Waals surface area contributed by atoms with Crippen LogP contribution in [0.1, 0.15) is 323 Å². The number of phosphoric ester groups is 1. The Balaban J connectivity index is 5.17. The molecule has 0 fully saturated rings. The fraction of sp³-hybridized carbons (Fsp3) is 0.829. The van der Waals surface area contributed by atoms with Crippen LogP contribution in [-0.2, 0) is 27.9 Å². The number of nitrogens with zero attached hydrogens (tertiary/aromatic N) is 1. The Bertz CT molecular complexity index is 1550. The number of carbonyl (C=O) groups is 2. The van der Waals surface area contributed by atoms with E-state index in [1.807, 2.05) is 33.3 Å². The molecule has 0 aliphatic rings. The topological polar surface area (TPSA) is 114 Å². The van der Waals surface area contributed by atoms with Crippen LogP contribution in [0.2, 0.25) is 0 Å². The molecule has 0 heterocycles. The maximum Gasteiger partial charge on any atom is 0.306 e. The van der Waals surface area contributed by atoms with E-state index in [1.54, 1.807) is 0 Å². The van der Waals surface area contributed by atoms with Crippen molar-refractivity contribution in [3.05, 3.63) is 60.8 Å². The van der Waals surface area contributed by atoms with Gasteiger partial charge in [-0.15, -0.1) is 0 Å². The molecule has 0 aliphatic carbocycles. The number of amides is 1. The largest absolute Gasteiger partial charge is 0.756 e. The van der Waals surface area contributed by atoms with Gasteiger partial charge in [0.25, 0.3) is 7.82 Å². The van der Waals surface area contributed by atoms with E-state index < -0.39 is 26.6 Å². The molecule has 0 aromatic carbocycles. The Kier molecular flexibility index (Phi) is 58.1. The Morgan fingerprint density at radius 3 is 1.16 bits per heavy atom. The highest BCUT2D eigenvalue weighted by molar-refractivity contribution is 7.45. The first-order valence-corrected chi connectivity index (χ1v) is 35.6. The van der Waals surface area contributed by atoms with E-state index in [4.69, 9.17) is 13.8 Å². The minimum absolute atomic E-state index is 0.0262. The number of quaternary nitrogens is 1. The fourth-order valence-corrected chi connectivity index (χ4v) is 10.6. The highest BCUT2D eigenvalue weighted by Gasteiger charge is 2.27. The van der Waals surface area contributed by atoms with Gasteiger partial charge in [0.1, 0.15) is 19.3 Å². The summed E-state index contributed by atoms with van der Waals surface area (Å²) in [7, 11) is 1.18. The summed E-state index contributed by atoms with van der Waals surface area (Å²) in [6, 6.07) is -0.898. The van der Waals surface area contributed by atoms with E-state index >= 15 is 0 Å². The number of hydrogen-bond acceptors (Lipinski definition) is 7. The van der Waals surface area contributed by atoms with Gasteiger partial charge < -0.3 is 28.5 Å². The van der Waals surface area contributed by atoms with Crippen molar-refractivity contribution >= 4 is 19.7 Å². The molecule has 0 aliphatic heterocycles. The van der Waals surface area contributed by atoms with Gasteiger partial charge in [0.05, 0.1) is 33.8 Å². The summed E-state index contributed by atoms with van der Waals surface area (Å²) in [6.07, 6.45) is 76.2. The average molecular weight is 1140 g/mol. The summed E-state index contributed by atoms with van der Waals surface area (Å²) in [5.41, 5.74) is 0. The van der Waals surface area contributed by atoms with Crippen LogP contribution in [0.5, 0.6) is 0 Å². The van der Waals surface area contributed by atoms with Crippen molar-refractivity contribution in [1.29, 1.82) is 0 Å². The zero-order valence-electron chi connectivity index (χ0n) is 53.5. The molecule has 10 heteroatoms. The van der Waals surface area contributed by atoms with Crippen LogP contribution in [-0.4, -0.2) is 69.4 Å². The third kappa shape index (κ3) is 60.3.